The van der Waals surface area contributed by atoms with E-state index in [9.17, 15) is 14.4 Å². The molecule has 0 aromatic heterocycles. The van der Waals surface area contributed by atoms with Crippen LogP contribution in [0.3, 0.4) is 0 Å². The summed E-state index contributed by atoms with van der Waals surface area (Å²) in [7, 11) is 0. The summed E-state index contributed by atoms with van der Waals surface area (Å²) >= 11 is 0. The van der Waals surface area contributed by atoms with Crippen LogP contribution in [0.15, 0.2) is 23.3 Å². The molecule has 5 rings (SSSR count). The second-order valence-electron chi connectivity index (χ2n) is 14.3. The normalized spacial score (nSPS) is 35.7. The van der Waals surface area contributed by atoms with Gasteiger partial charge in [-0.1, -0.05) is 66.5 Å². The predicted octanol–water partition coefficient (Wildman–Crippen LogP) is 6.85. The van der Waals surface area contributed by atoms with E-state index >= 15 is 0 Å². The van der Waals surface area contributed by atoms with Gasteiger partial charge < -0.3 is 4.74 Å². The van der Waals surface area contributed by atoms with E-state index in [0.717, 1.165) is 19.3 Å². The van der Waals surface area contributed by atoms with E-state index in [-0.39, 0.29) is 36.4 Å². The predicted molar refractivity (Wildman–Crippen MR) is 157 cm³/mol. The Balaban J connectivity index is 1.38. The number of carbonyl (C=O) groups is 3. The third-order valence-corrected chi connectivity index (χ3v) is 11.7. The van der Waals surface area contributed by atoms with Crippen molar-refractivity contribution < 1.29 is 19.1 Å². The molecule has 2 saturated carbocycles. The van der Waals surface area contributed by atoms with Gasteiger partial charge in [-0.05, 0) is 90.6 Å². The van der Waals surface area contributed by atoms with Crippen LogP contribution in [-0.4, -0.2) is 46.5 Å². The Hall–Kier alpha value is -2.11. The summed E-state index contributed by atoms with van der Waals surface area (Å²) in [5.41, 5.74) is 2.89. The molecular formula is C34H52N2O4. The highest BCUT2D eigenvalue weighted by molar-refractivity contribution is 6.02. The molecule has 40 heavy (non-hydrogen) atoms. The Bertz CT molecular complexity index is 1060. The van der Waals surface area contributed by atoms with E-state index in [1.165, 1.54) is 43.3 Å². The summed E-state index contributed by atoms with van der Waals surface area (Å²) in [6.07, 6.45) is 14.7. The lowest BCUT2D eigenvalue weighted by Gasteiger charge is -2.50. The van der Waals surface area contributed by atoms with Gasteiger partial charge in [-0.25, -0.2) is 10.0 Å². The maximum Gasteiger partial charge on any atom is 0.305 e. The minimum Gasteiger partial charge on any atom is -0.462 e. The van der Waals surface area contributed by atoms with Crippen molar-refractivity contribution in [3.63, 3.8) is 0 Å². The number of hydrazine groups is 1. The summed E-state index contributed by atoms with van der Waals surface area (Å²) in [6, 6.07) is -0.0820. The average molecular weight is 553 g/mol. The molecule has 0 radical (unpaired) electrons. The molecule has 8 atom stereocenters. The highest BCUT2D eigenvalue weighted by Crippen LogP contribution is 2.61. The number of fused-ring (bicyclic) bond motifs is 2. The number of allylic oxidation sites excluding steroid dienone is 2. The SMILES string of the molecule is CCC(=O)O[C@H]1CCC2=C(C1)[C@H](CC1CCCC3(C)C1CCC3[C@H](C)/C=C/[C@H](C)C(C)C)N1C(=O)CC(=O)N1C2. The zero-order chi connectivity index (χ0) is 28.8. The van der Waals surface area contributed by atoms with Gasteiger partial charge in [0.05, 0.1) is 12.6 Å². The van der Waals surface area contributed by atoms with Crippen molar-refractivity contribution >= 4 is 17.8 Å². The Morgan fingerprint density at radius 1 is 1.07 bits per heavy atom. The summed E-state index contributed by atoms with van der Waals surface area (Å²) in [5.74, 6) is 3.43. The molecule has 2 amide bonds. The van der Waals surface area contributed by atoms with Crippen molar-refractivity contribution in [2.24, 2.45) is 40.9 Å². The molecule has 222 valence electrons. The van der Waals surface area contributed by atoms with Crippen LogP contribution >= 0.6 is 0 Å². The quantitative estimate of drug-likeness (QED) is 0.188. The number of hydrogen-bond acceptors (Lipinski definition) is 4. The number of esters is 1. The van der Waals surface area contributed by atoms with E-state index in [4.69, 9.17) is 4.74 Å². The number of amides is 2. The van der Waals surface area contributed by atoms with Gasteiger partial charge in [0.25, 0.3) is 11.8 Å². The van der Waals surface area contributed by atoms with E-state index in [2.05, 4.69) is 46.8 Å². The van der Waals surface area contributed by atoms with Gasteiger partial charge in [0.15, 0.2) is 0 Å². The molecule has 6 heteroatoms. The first kappa shape index (κ1) is 29.4. The third kappa shape index (κ3) is 5.41. The van der Waals surface area contributed by atoms with E-state index in [1.807, 2.05) is 11.9 Å². The first-order chi connectivity index (χ1) is 19.0. The van der Waals surface area contributed by atoms with Crippen LogP contribution in [-0.2, 0) is 19.1 Å². The molecule has 3 aliphatic carbocycles. The minimum atomic E-state index is -0.151. The lowest BCUT2D eigenvalue weighted by molar-refractivity contribution is -0.155. The Morgan fingerprint density at radius 3 is 2.58 bits per heavy atom. The molecule has 6 nitrogen and oxygen atoms in total. The highest BCUT2D eigenvalue weighted by Gasteiger charge is 2.54. The Labute approximate surface area is 241 Å². The molecule has 0 aromatic rings. The first-order valence-electron chi connectivity index (χ1n) is 16.2. The molecule has 3 fully saturated rings. The van der Waals surface area contributed by atoms with Gasteiger partial charge in [0.1, 0.15) is 12.5 Å². The molecule has 2 aliphatic heterocycles. The van der Waals surface area contributed by atoms with Crippen LogP contribution < -0.4 is 0 Å². The number of ether oxygens (including phenoxy) is 1. The maximum atomic E-state index is 13.2. The number of nitrogens with zero attached hydrogens (tertiary/aromatic N) is 2. The van der Waals surface area contributed by atoms with Gasteiger partial charge in [0.2, 0.25) is 0 Å². The summed E-state index contributed by atoms with van der Waals surface area (Å²) in [5, 5.41) is 3.56. The average Bonchev–Trinajstić information content (AvgIpc) is 3.42. The summed E-state index contributed by atoms with van der Waals surface area (Å²) in [6.45, 7) is 14.3. The fraction of sp³-hybridized carbons (Fsp3) is 0.794. The minimum absolute atomic E-state index is 0.0160. The molecule has 5 aliphatic rings. The summed E-state index contributed by atoms with van der Waals surface area (Å²) < 4.78 is 5.80. The van der Waals surface area contributed by atoms with Gasteiger partial charge >= 0.3 is 5.97 Å². The highest BCUT2D eigenvalue weighted by atomic mass is 16.5. The standard InChI is InChI=1S/C34H52N2O4/c1-7-33(39)40-26-13-12-25-20-35-31(37)19-32(38)36(35)30(27(25)18-26)17-24-9-8-16-34(6)28(14-15-29(24)34)23(5)11-10-22(4)21(2)3/h10-11,21-24,26,28-30H,7-9,12-20H2,1-6H3/b11-10+/t22-,23+,24?,26-,28?,29?,30-,34?/m0/s1. The van der Waals surface area contributed by atoms with Crippen LogP contribution in [0.2, 0.25) is 0 Å². The number of carbonyl (C=O) groups excluding carboxylic acids is 3. The molecule has 0 spiro atoms. The lowest BCUT2D eigenvalue weighted by Crippen LogP contribution is -2.55. The van der Waals surface area contributed by atoms with E-state index in [1.54, 1.807) is 5.01 Å². The second-order valence-corrected chi connectivity index (χ2v) is 14.3. The van der Waals surface area contributed by atoms with E-state index < -0.39 is 0 Å². The third-order valence-electron chi connectivity index (χ3n) is 11.7. The van der Waals surface area contributed by atoms with Gasteiger partial charge in [-0.2, -0.15) is 0 Å². The van der Waals surface area contributed by atoms with Crippen LogP contribution in [0.1, 0.15) is 112 Å². The smallest absolute Gasteiger partial charge is 0.305 e. The zero-order valence-electron chi connectivity index (χ0n) is 25.8. The molecule has 1 saturated heterocycles. The molecule has 0 aromatic carbocycles. The monoisotopic (exact) mass is 552 g/mol. The van der Waals surface area contributed by atoms with Crippen LogP contribution in [0.25, 0.3) is 0 Å². The first-order valence-corrected chi connectivity index (χ1v) is 16.2. The van der Waals surface area contributed by atoms with Crippen molar-refractivity contribution in [2.45, 2.75) is 124 Å². The van der Waals surface area contributed by atoms with Crippen molar-refractivity contribution in [1.82, 2.24) is 10.0 Å². The lowest BCUT2D eigenvalue weighted by atomic mass is 9.58. The summed E-state index contributed by atoms with van der Waals surface area (Å²) in [4.78, 5) is 38.2. The fourth-order valence-electron chi connectivity index (χ4n) is 9.07. The number of rotatable bonds is 8. The zero-order valence-corrected chi connectivity index (χ0v) is 25.8. The topological polar surface area (TPSA) is 66.9 Å². The largest absolute Gasteiger partial charge is 0.462 e. The molecule has 4 unspecified atom stereocenters. The maximum absolute atomic E-state index is 13.2. The Morgan fingerprint density at radius 2 is 1.85 bits per heavy atom. The molecular weight excluding hydrogens is 500 g/mol. The van der Waals surface area contributed by atoms with Crippen LogP contribution in [0, 0.1) is 40.9 Å². The fourth-order valence-corrected chi connectivity index (χ4v) is 9.07. The molecule has 2 heterocycles. The Kier molecular flexibility index (Phi) is 8.55. The van der Waals surface area contributed by atoms with Gasteiger partial charge in [-0.3, -0.25) is 14.4 Å². The van der Waals surface area contributed by atoms with Crippen molar-refractivity contribution in [2.75, 3.05) is 6.54 Å². The molecule has 0 N–H and O–H groups in total. The van der Waals surface area contributed by atoms with Crippen LogP contribution in [0.4, 0.5) is 0 Å². The van der Waals surface area contributed by atoms with Gasteiger partial charge in [0, 0.05) is 12.8 Å². The number of hydrogen-bond donors (Lipinski definition) is 0. The second kappa shape index (κ2) is 11.6. The molecule has 0 bridgehead atoms. The van der Waals surface area contributed by atoms with Crippen molar-refractivity contribution in [1.29, 1.82) is 0 Å². The van der Waals surface area contributed by atoms with Crippen molar-refractivity contribution in [3.05, 3.63) is 23.3 Å². The van der Waals surface area contributed by atoms with E-state index in [0.29, 0.717) is 60.3 Å². The van der Waals surface area contributed by atoms with Gasteiger partial charge in [-0.15, -0.1) is 0 Å². The van der Waals surface area contributed by atoms with Crippen LogP contribution in [0.5, 0.6) is 0 Å². The van der Waals surface area contributed by atoms with Crippen molar-refractivity contribution in [3.8, 4) is 0 Å².